The minimum Gasteiger partial charge on any atom is -0.394 e. The molecule has 0 aliphatic heterocycles. The zero-order valence-corrected chi connectivity index (χ0v) is 7.45. The van der Waals surface area contributed by atoms with Crippen LogP contribution in [0.4, 0.5) is 0 Å². The first-order chi connectivity index (χ1) is 6.26. The molecule has 0 fully saturated rings. The van der Waals surface area contributed by atoms with Crippen LogP contribution >= 0.6 is 0 Å². The minimum absolute atomic E-state index is 0.236. The Morgan fingerprint density at radius 1 is 1.85 bits per heavy atom. The van der Waals surface area contributed by atoms with Crippen molar-refractivity contribution >= 4 is 6.29 Å². The maximum Gasteiger partial charge on any atom is 0.142 e. The Hall–Kier alpha value is -1.20. The number of carbonyl (C=O) groups excluding carboxylic acids is 1. The van der Waals surface area contributed by atoms with Crippen molar-refractivity contribution in [1.29, 1.82) is 0 Å². The van der Waals surface area contributed by atoms with Crippen LogP contribution in [-0.2, 0) is 11.2 Å². The van der Waals surface area contributed by atoms with Crippen LogP contribution in [0.2, 0.25) is 0 Å². The highest BCUT2D eigenvalue weighted by molar-refractivity contribution is 5.65. The quantitative estimate of drug-likeness (QED) is 0.517. The van der Waals surface area contributed by atoms with Crippen LogP contribution in [0.25, 0.3) is 0 Å². The number of hydrogen-bond donors (Lipinski definition) is 3. The summed E-state index contributed by atoms with van der Waals surface area (Å²) >= 11 is 0. The van der Waals surface area contributed by atoms with E-state index in [0.717, 1.165) is 5.69 Å². The van der Waals surface area contributed by atoms with Crippen molar-refractivity contribution < 1.29 is 9.90 Å². The van der Waals surface area contributed by atoms with Crippen molar-refractivity contribution in [1.82, 2.24) is 15.3 Å². The number of imidazole rings is 1. The van der Waals surface area contributed by atoms with Gasteiger partial charge in [-0.3, -0.25) is 0 Å². The lowest BCUT2D eigenvalue weighted by atomic mass is 9.97. The molecule has 0 spiro atoms. The first-order valence-electron chi connectivity index (χ1n) is 4.00. The summed E-state index contributed by atoms with van der Waals surface area (Å²) in [5.74, 6) is 0. The van der Waals surface area contributed by atoms with Crippen LogP contribution in [0.1, 0.15) is 5.69 Å². The van der Waals surface area contributed by atoms with E-state index in [0.29, 0.717) is 12.7 Å². The molecule has 3 N–H and O–H groups in total. The molecule has 72 valence electrons. The number of aliphatic hydroxyl groups is 1. The van der Waals surface area contributed by atoms with Gasteiger partial charge in [-0.15, -0.1) is 0 Å². The normalized spacial score (nSPS) is 15.2. The molecule has 1 rings (SSSR count). The van der Waals surface area contributed by atoms with Crippen LogP contribution in [0.3, 0.4) is 0 Å². The average molecular weight is 183 g/mol. The molecule has 5 heteroatoms. The van der Waals surface area contributed by atoms with Gasteiger partial charge >= 0.3 is 0 Å². The molecule has 0 aliphatic rings. The van der Waals surface area contributed by atoms with Crippen molar-refractivity contribution in [2.24, 2.45) is 0 Å². The molecule has 1 heterocycles. The maximum atomic E-state index is 10.8. The molecule has 0 radical (unpaired) electrons. The first-order valence-corrected chi connectivity index (χ1v) is 4.00. The van der Waals surface area contributed by atoms with Crippen LogP contribution in [0, 0.1) is 0 Å². The molecule has 1 aromatic rings. The van der Waals surface area contributed by atoms with E-state index in [1.165, 1.54) is 6.33 Å². The van der Waals surface area contributed by atoms with Crippen LogP contribution in [0.5, 0.6) is 0 Å². The van der Waals surface area contributed by atoms with Gasteiger partial charge in [0.2, 0.25) is 0 Å². The van der Waals surface area contributed by atoms with Gasteiger partial charge in [0.05, 0.1) is 18.6 Å². The van der Waals surface area contributed by atoms with E-state index in [1.54, 1.807) is 13.2 Å². The van der Waals surface area contributed by atoms with Gasteiger partial charge in [-0.25, -0.2) is 4.98 Å². The average Bonchev–Trinajstić information content (AvgIpc) is 2.67. The number of rotatable bonds is 5. The number of H-pyrrole nitrogens is 1. The summed E-state index contributed by atoms with van der Waals surface area (Å²) in [6.07, 6.45) is 4.33. The van der Waals surface area contributed by atoms with Crippen LogP contribution in [0.15, 0.2) is 12.5 Å². The first kappa shape index (κ1) is 9.88. The number of aliphatic hydroxyl groups excluding tert-OH is 1. The fourth-order valence-corrected chi connectivity index (χ4v) is 1.07. The summed E-state index contributed by atoms with van der Waals surface area (Å²) in [4.78, 5) is 17.5. The number of hydrogen-bond acceptors (Lipinski definition) is 4. The van der Waals surface area contributed by atoms with E-state index >= 15 is 0 Å². The van der Waals surface area contributed by atoms with Crippen molar-refractivity contribution in [2.75, 3.05) is 13.7 Å². The molecule has 1 unspecified atom stereocenters. The number of aromatic amines is 1. The summed E-state index contributed by atoms with van der Waals surface area (Å²) in [7, 11) is 1.64. The molecule has 5 nitrogen and oxygen atoms in total. The number of carbonyl (C=O) groups is 1. The Balaban J connectivity index is 2.73. The van der Waals surface area contributed by atoms with E-state index in [9.17, 15) is 4.79 Å². The SMILES string of the molecule is CNC(C=O)(CO)Cc1c[nH]cn1. The Morgan fingerprint density at radius 2 is 2.62 bits per heavy atom. The number of nitrogens with one attached hydrogen (secondary N) is 2. The van der Waals surface area contributed by atoms with Crippen LogP contribution < -0.4 is 5.32 Å². The number of aromatic nitrogens is 2. The highest BCUT2D eigenvalue weighted by atomic mass is 16.3. The second-order valence-corrected chi connectivity index (χ2v) is 2.92. The Morgan fingerprint density at radius 3 is 3.00 bits per heavy atom. The monoisotopic (exact) mass is 183 g/mol. The lowest BCUT2D eigenvalue weighted by molar-refractivity contribution is -0.114. The fourth-order valence-electron chi connectivity index (χ4n) is 1.07. The smallest absolute Gasteiger partial charge is 0.142 e. The third-order valence-electron chi connectivity index (χ3n) is 2.06. The number of aldehydes is 1. The second kappa shape index (κ2) is 4.15. The van der Waals surface area contributed by atoms with E-state index in [4.69, 9.17) is 5.11 Å². The molecule has 1 aromatic heterocycles. The molecular formula is C8H13N3O2. The van der Waals surface area contributed by atoms with E-state index in [2.05, 4.69) is 15.3 Å². The van der Waals surface area contributed by atoms with Gasteiger partial charge in [0, 0.05) is 12.6 Å². The zero-order chi connectivity index (χ0) is 9.73. The van der Waals surface area contributed by atoms with Gasteiger partial charge < -0.3 is 20.2 Å². The zero-order valence-electron chi connectivity index (χ0n) is 7.45. The molecule has 0 aromatic carbocycles. The van der Waals surface area contributed by atoms with Crippen molar-refractivity contribution in [3.8, 4) is 0 Å². The Bertz CT molecular complexity index is 254. The van der Waals surface area contributed by atoms with E-state index < -0.39 is 5.54 Å². The van der Waals surface area contributed by atoms with Gasteiger partial charge in [-0.05, 0) is 7.05 Å². The highest BCUT2D eigenvalue weighted by Crippen LogP contribution is 2.07. The standard InChI is InChI=1S/C8H13N3O2/c1-9-8(4-12,5-13)2-7-3-10-6-11-7/h3-4,6,9,13H,2,5H2,1H3,(H,10,11). The third-order valence-corrected chi connectivity index (χ3v) is 2.06. The summed E-state index contributed by atoms with van der Waals surface area (Å²) in [6.45, 7) is -0.236. The molecule has 0 bridgehead atoms. The predicted octanol–water partition coefficient (Wildman–Crippen LogP) is -0.898. The second-order valence-electron chi connectivity index (χ2n) is 2.92. The maximum absolute atomic E-state index is 10.8. The largest absolute Gasteiger partial charge is 0.394 e. The highest BCUT2D eigenvalue weighted by Gasteiger charge is 2.27. The Labute approximate surface area is 76.2 Å². The molecule has 0 aliphatic carbocycles. The van der Waals surface area contributed by atoms with E-state index in [-0.39, 0.29) is 6.61 Å². The van der Waals surface area contributed by atoms with Crippen molar-refractivity contribution in [2.45, 2.75) is 12.0 Å². The fraction of sp³-hybridized carbons (Fsp3) is 0.500. The summed E-state index contributed by atoms with van der Waals surface area (Å²) in [5, 5.41) is 11.8. The molecule has 0 amide bonds. The van der Waals surface area contributed by atoms with Gasteiger partial charge in [0.15, 0.2) is 0 Å². The van der Waals surface area contributed by atoms with Crippen LogP contribution in [-0.4, -0.2) is 40.6 Å². The molecule has 0 saturated heterocycles. The number of nitrogens with zero attached hydrogens (tertiary/aromatic N) is 1. The van der Waals surface area contributed by atoms with E-state index in [1.807, 2.05) is 0 Å². The lowest BCUT2D eigenvalue weighted by Crippen LogP contribution is -2.50. The summed E-state index contributed by atoms with van der Waals surface area (Å²) < 4.78 is 0. The lowest BCUT2D eigenvalue weighted by Gasteiger charge is -2.23. The summed E-state index contributed by atoms with van der Waals surface area (Å²) in [5.41, 5.74) is -0.162. The molecular weight excluding hydrogens is 170 g/mol. The van der Waals surface area contributed by atoms with Gasteiger partial charge in [-0.2, -0.15) is 0 Å². The summed E-state index contributed by atoms with van der Waals surface area (Å²) in [6, 6.07) is 0. The molecule has 0 saturated carbocycles. The van der Waals surface area contributed by atoms with Gasteiger partial charge in [0.25, 0.3) is 0 Å². The minimum atomic E-state index is -0.908. The van der Waals surface area contributed by atoms with Gasteiger partial charge in [-0.1, -0.05) is 0 Å². The topological polar surface area (TPSA) is 78.0 Å². The molecule has 13 heavy (non-hydrogen) atoms. The predicted molar refractivity (Wildman–Crippen MR) is 47.2 cm³/mol. The molecule has 1 atom stereocenters. The van der Waals surface area contributed by atoms with Crippen molar-refractivity contribution in [3.63, 3.8) is 0 Å². The van der Waals surface area contributed by atoms with Gasteiger partial charge in [0.1, 0.15) is 11.8 Å². The third kappa shape index (κ3) is 2.13. The Kier molecular flexibility index (Phi) is 3.16. The van der Waals surface area contributed by atoms with Crippen molar-refractivity contribution in [3.05, 3.63) is 18.2 Å². The number of likely N-dealkylation sites (N-methyl/N-ethyl adjacent to an activating group) is 1.